The van der Waals surface area contributed by atoms with Crippen molar-refractivity contribution in [2.45, 2.75) is 0 Å². The van der Waals surface area contributed by atoms with Crippen LogP contribution < -0.4 is 10.2 Å². The van der Waals surface area contributed by atoms with Crippen LogP contribution in [0.3, 0.4) is 0 Å². The van der Waals surface area contributed by atoms with Crippen LogP contribution in [0.4, 0.5) is 11.4 Å². The van der Waals surface area contributed by atoms with Gasteiger partial charge in [0.2, 0.25) is 0 Å². The highest BCUT2D eigenvalue weighted by Crippen LogP contribution is 2.27. The zero-order valence-electron chi connectivity index (χ0n) is 16.3. The quantitative estimate of drug-likeness (QED) is 0.728. The summed E-state index contributed by atoms with van der Waals surface area (Å²) in [5, 5.41) is 3.34. The molecule has 156 valence electrons. The minimum absolute atomic E-state index is 0.0290. The average molecular weight is 431 g/mol. The summed E-state index contributed by atoms with van der Waals surface area (Å²) in [6.07, 6.45) is 0. The summed E-state index contributed by atoms with van der Waals surface area (Å²) in [6, 6.07) is 13.2. The summed E-state index contributed by atoms with van der Waals surface area (Å²) < 4.78 is 15.0. The van der Waals surface area contributed by atoms with Gasteiger partial charge in [-0.15, -0.1) is 0 Å². The van der Waals surface area contributed by atoms with Gasteiger partial charge >= 0.3 is 11.9 Å². The zero-order chi connectivity index (χ0) is 21.7. The number of rotatable bonds is 5. The molecule has 0 fully saturated rings. The number of methoxy groups -OCH3 is 2. The van der Waals surface area contributed by atoms with Crippen LogP contribution in [0, 0.1) is 0 Å². The van der Waals surface area contributed by atoms with Crippen LogP contribution in [0.2, 0.25) is 5.02 Å². The van der Waals surface area contributed by atoms with Gasteiger partial charge in [0.1, 0.15) is 12.4 Å². The summed E-state index contributed by atoms with van der Waals surface area (Å²) in [4.78, 5) is 38.3. The van der Waals surface area contributed by atoms with E-state index in [0.717, 1.165) is 0 Å². The molecule has 30 heavy (non-hydrogen) atoms. The molecule has 0 saturated heterocycles. The number of hydrogen-bond acceptors (Lipinski definition) is 7. The van der Waals surface area contributed by atoms with Crippen molar-refractivity contribution in [2.24, 2.45) is 0 Å². The van der Waals surface area contributed by atoms with Gasteiger partial charge < -0.3 is 24.4 Å². The molecule has 1 N–H and O–H groups in total. The van der Waals surface area contributed by atoms with E-state index in [1.54, 1.807) is 48.5 Å². The van der Waals surface area contributed by atoms with Gasteiger partial charge in [-0.1, -0.05) is 11.6 Å². The molecule has 0 unspecified atom stereocenters. The maximum absolute atomic E-state index is 12.5. The van der Waals surface area contributed by atoms with Gasteiger partial charge in [0.05, 0.1) is 26.4 Å². The Morgan fingerprint density at radius 3 is 2.20 bits per heavy atom. The highest BCUT2D eigenvalue weighted by molar-refractivity contribution is 6.30. The van der Waals surface area contributed by atoms with Gasteiger partial charge in [0.25, 0.3) is 5.91 Å². The fourth-order valence-corrected chi connectivity index (χ4v) is 3.00. The van der Waals surface area contributed by atoms with Crippen LogP contribution in [0.15, 0.2) is 59.8 Å². The Balaban J connectivity index is 1.85. The summed E-state index contributed by atoms with van der Waals surface area (Å²) >= 11 is 5.85. The molecule has 2 aromatic carbocycles. The van der Waals surface area contributed by atoms with E-state index in [4.69, 9.17) is 25.8 Å². The number of anilines is 2. The fraction of sp³-hybridized carbons (Fsp3) is 0.190. The Hall–Kier alpha value is -3.36. The lowest BCUT2D eigenvalue weighted by Gasteiger charge is -2.31. The van der Waals surface area contributed by atoms with E-state index in [9.17, 15) is 14.4 Å². The van der Waals surface area contributed by atoms with E-state index in [2.05, 4.69) is 5.32 Å². The van der Waals surface area contributed by atoms with Crippen molar-refractivity contribution in [3.8, 4) is 0 Å². The summed E-state index contributed by atoms with van der Waals surface area (Å²) in [7, 11) is 2.44. The normalized spacial score (nSPS) is 13.6. The molecular formula is C21H19ClN2O6. The van der Waals surface area contributed by atoms with Crippen LogP contribution in [0.25, 0.3) is 0 Å². The highest BCUT2D eigenvalue weighted by Gasteiger charge is 2.32. The Morgan fingerprint density at radius 1 is 0.967 bits per heavy atom. The Kier molecular flexibility index (Phi) is 6.71. The number of hydrogen-bond donors (Lipinski definition) is 1. The number of ether oxygens (including phenoxy) is 3. The molecule has 8 nitrogen and oxygen atoms in total. The zero-order valence-corrected chi connectivity index (χ0v) is 17.1. The minimum atomic E-state index is -0.691. The van der Waals surface area contributed by atoms with Gasteiger partial charge in [-0.3, -0.25) is 4.79 Å². The lowest BCUT2D eigenvalue weighted by atomic mass is 10.1. The number of nitrogens with one attached hydrogen (secondary N) is 1. The largest absolute Gasteiger partial charge is 0.466 e. The first kappa shape index (κ1) is 21.4. The monoisotopic (exact) mass is 430 g/mol. The number of carbonyl (C=O) groups is 3. The molecular weight excluding hydrogens is 412 g/mol. The summed E-state index contributed by atoms with van der Waals surface area (Å²) in [6.45, 7) is -0.0452. The Morgan fingerprint density at radius 2 is 1.60 bits per heavy atom. The molecule has 0 radical (unpaired) electrons. The Labute approximate surface area is 178 Å². The SMILES string of the molecule is COC(=O)C1=C(C(=O)OC)N(c2ccc(C(=O)Nc3ccc(Cl)cc3)cc2)COC1. The molecule has 0 spiro atoms. The molecule has 9 heteroatoms. The first-order valence-corrected chi connectivity index (χ1v) is 9.24. The lowest BCUT2D eigenvalue weighted by molar-refractivity contribution is -0.140. The lowest BCUT2D eigenvalue weighted by Crippen LogP contribution is -2.38. The second-order valence-electron chi connectivity index (χ2n) is 6.22. The van der Waals surface area contributed by atoms with E-state index >= 15 is 0 Å². The van der Waals surface area contributed by atoms with Gasteiger partial charge in [0.15, 0.2) is 0 Å². The maximum atomic E-state index is 12.5. The van der Waals surface area contributed by atoms with Crippen LogP contribution >= 0.6 is 11.6 Å². The number of benzene rings is 2. The maximum Gasteiger partial charge on any atom is 0.355 e. The minimum Gasteiger partial charge on any atom is -0.466 e. The number of amides is 1. The van der Waals surface area contributed by atoms with E-state index < -0.39 is 11.9 Å². The van der Waals surface area contributed by atoms with E-state index in [0.29, 0.717) is 22.0 Å². The molecule has 1 aliphatic heterocycles. The number of halogens is 1. The van der Waals surface area contributed by atoms with Crippen molar-refractivity contribution >= 4 is 40.8 Å². The van der Waals surface area contributed by atoms with Crippen molar-refractivity contribution in [3.63, 3.8) is 0 Å². The van der Waals surface area contributed by atoms with E-state index in [1.165, 1.54) is 19.1 Å². The average Bonchev–Trinajstić information content (AvgIpc) is 2.79. The van der Waals surface area contributed by atoms with Crippen LogP contribution in [-0.2, 0) is 23.8 Å². The molecule has 1 amide bonds. The van der Waals surface area contributed by atoms with Crippen molar-refractivity contribution in [1.29, 1.82) is 0 Å². The van der Waals surface area contributed by atoms with Crippen LogP contribution in [0.5, 0.6) is 0 Å². The number of nitrogens with zero attached hydrogens (tertiary/aromatic N) is 1. The van der Waals surface area contributed by atoms with Gasteiger partial charge in [-0.25, -0.2) is 9.59 Å². The molecule has 0 bridgehead atoms. The third-order valence-electron chi connectivity index (χ3n) is 4.38. The van der Waals surface area contributed by atoms with Crippen LogP contribution in [0.1, 0.15) is 10.4 Å². The molecule has 1 heterocycles. The number of carbonyl (C=O) groups excluding carboxylic acids is 3. The third kappa shape index (κ3) is 4.61. The van der Waals surface area contributed by atoms with E-state index in [-0.39, 0.29) is 30.5 Å². The second kappa shape index (κ2) is 9.43. The molecule has 0 aliphatic carbocycles. The predicted octanol–water partition coefficient (Wildman–Crippen LogP) is 2.99. The highest BCUT2D eigenvalue weighted by atomic mass is 35.5. The topological polar surface area (TPSA) is 94.2 Å². The molecule has 3 rings (SSSR count). The van der Waals surface area contributed by atoms with Crippen molar-refractivity contribution in [3.05, 3.63) is 70.4 Å². The smallest absolute Gasteiger partial charge is 0.355 e. The first-order valence-electron chi connectivity index (χ1n) is 8.86. The predicted molar refractivity (Wildman–Crippen MR) is 110 cm³/mol. The van der Waals surface area contributed by atoms with Crippen molar-refractivity contribution in [2.75, 3.05) is 37.8 Å². The van der Waals surface area contributed by atoms with Gasteiger partial charge in [-0.2, -0.15) is 0 Å². The summed E-state index contributed by atoms with van der Waals surface area (Å²) in [5.74, 6) is -1.68. The molecule has 0 aromatic heterocycles. The first-order chi connectivity index (χ1) is 14.4. The fourth-order valence-electron chi connectivity index (χ4n) is 2.88. The molecule has 0 saturated carbocycles. The molecule has 0 atom stereocenters. The van der Waals surface area contributed by atoms with Crippen molar-refractivity contribution in [1.82, 2.24) is 0 Å². The van der Waals surface area contributed by atoms with E-state index in [1.807, 2.05) is 0 Å². The van der Waals surface area contributed by atoms with Crippen molar-refractivity contribution < 1.29 is 28.6 Å². The van der Waals surface area contributed by atoms with Gasteiger partial charge in [0, 0.05) is 22.0 Å². The number of esters is 2. The third-order valence-corrected chi connectivity index (χ3v) is 4.63. The summed E-state index contributed by atoms with van der Waals surface area (Å²) in [5.41, 5.74) is 1.65. The van der Waals surface area contributed by atoms with Crippen LogP contribution in [-0.4, -0.2) is 45.4 Å². The Bertz CT molecular complexity index is 986. The molecule has 1 aliphatic rings. The second-order valence-corrected chi connectivity index (χ2v) is 6.66. The van der Waals surface area contributed by atoms with Gasteiger partial charge in [-0.05, 0) is 48.5 Å². The standard InChI is InChI=1S/C21H19ClN2O6/c1-28-20(26)17-11-30-12-24(18(17)21(27)29-2)16-9-3-13(4-10-16)19(25)23-15-7-5-14(22)6-8-15/h3-10H,11-12H2,1-2H3,(H,23,25). The molecule has 2 aromatic rings.